The minimum atomic E-state index is -3.55. The fourth-order valence-corrected chi connectivity index (χ4v) is 2.37. The molecule has 1 rings (SSSR count). The lowest BCUT2D eigenvalue weighted by Gasteiger charge is -2.09. The maximum absolute atomic E-state index is 11.6. The van der Waals surface area contributed by atoms with Crippen LogP contribution in [0.1, 0.15) is 18.9 Å². The molecular weight excluding hydrogens is 200 g/mol. The molecule has 0 aromatic heterocycles. The second-order valence-corrected chi connectivity index (χ2v) is 5.33. The molecule has 1 aromatic carbocycles. The zero-order chi connectivity index (χ0) is 10.8. The van der Waals surface area contributed by atoms with Crippen molar-refractivity contribution in [1.82, 2.24) is 0 Å². The van der Waals surface area contributed by atoms with E-state index in [0.29, 0.717) is 0 Å². The molecule has 4 heteroatoms. The van der Waals surface area contributed by atoms with Crippen LogP contribution in [0.4, 0.5) is 0 Å². The molecule has 0 aliphatic carbocycles. The molecule has 1 unspecified atom stereocenters. The van der Waals surface area contributed by atoms with E-state index in [0.717, 1.165) is 5.56 Å². The van der Waals surface area contributed by atoms with Crippen LogP contribution in [0.2, 0.25) is 0 Å². The molecule has 1 atom stereocenters. The van der Waals surface area contributed by atoms with Gasteiger partial charge in [-0.15, -0.1) is 0 Å². The van der Waals surface area contributed by atoms with Crippen LogP contribution >= 0.6 is 0 Å². The van der Waals surface area contributed by atoms with Gasteiger partial charge in [-0.05, 0) is 25.5 Å². The first-order chi connectivity index (χ1) is 6.48. The predicted octanol–water partition coefficient (Wildman–Crippen LogP) is 1.50. The lowest BCUT2D eigenvalue weighted by Crippen LogP contribution is -2.19. The Morgan fingerprint density at radius 1 is 1.29 bits per heavy atom. The van der Waals surface area contributed by atoms with E-state index in [-0.39, 0.29) is 11.3 Å². The van der Waals surface area contributed by atoms with E-state index in [1.54, 1.807) is 19.1 Å². The van der Waals surface area contributed by atoms with Crippen LogP contribution < -0.4 is 0 Å². The van der Waals surface area contributed by atoms with E-state index in [9.17, 15) is 13.5 Å². The smallest absolute Gasteiger partial charge is 0.204 e. The van der Waals surface area contributed by atoms with E-state index in [1.807, 2.05) is 6.92 Å². The molecule has 0 saturated carbocycles. The van der Waals surface area contributed by atoms with Crippen LogP contribution in [0.25, 0.3) is 0 Å². The van der Waals surface area contributed by atoms with Crippen molar-refractivity contribution in [2.75, 3.05) is 0 Å². The van der Waals surface area contributed by atoms with Crippen LogP contribution in [0, 0.1) is 6.92 Å². The lowest BCUT2D eigenvalue weighted by molar-refractivity contribution is 0.244. The van der Waals surface area contributed by atoms with Gasteiger partial charge in [0.15, 0.2) is 5.44 Å². The Morgan fingerprint density at radius 2 is 1.79 bits per heavy atom. The topological polar surface area (TPSA) is 54.4 Å². The van der Waals surface area contributed by atoms with E-state index in [4.69, 9.17) is 0 Å². The summed E-state index contributed by atoms with van der Waals surface area (Å²) in [6, 6.07) is 6.47. The third-order valence-electron chi connectivity index (χ3n) is 2.06. The average Bonchev–Trinajstić information content (AvgIpc) is 2.17. The number of hydrogen-bond donors (Lipinski definition) is 1. The number of aryl methyl sites for hydroxylation is 1. The molecule has 0 saturated heterocycles. The Hall–Kier alpha value is -0.870. The molecule has 0 fully saturated rings. The number of sulfone groups is 1. The third-order valence-corrected chi connectivity index (χ3v) is 4.04. The first-order valence-electron chi connectivity index (χ1n) is 4.47. The Bertz CT molecular complexity index is 392. The van der Waals surface area contributed by atoms with Crippen LogP contribution in [0.5, 0.6) is 0 Å². The molecule has 1 N–H and O–H groups in total. The van der Waals surface area contributed by atoms with Gasteiger partial charge in [-0.1, -0.05) is 24.6 Å². The minimum Gasteiger partial charge on any atom is -0.377 e. The highest BCUT2D eigenvalue weighted by molar-refractivity contribution is 7.91. The minimum absolute atomic E-state index is 0.178. The highest BCUT2D eigenvalue weighted by Gasteiger charge is 2.22. The number of rotatable bonds is 3. The number of benzene rings is 1. The van der Waals surface area contributed by atoms with Gasteiger partial charge in [0, 0.05) is 0 Å². The molecule has 3 nitrogen and oxygen atoms in total. The molecule has 0 amide bonds. The highest BCUT2D eigenvalue weighted by Crippen LogP contribution is 2.16. The van der Waals surface area contributed by atoms with Gasteiger partial charge < -0.3 is 5.11 Å². The van der Waals surface area contributed by atoms with E-state index >= 15 is 0 Å². The summed E-state index contributed by atoms with van der Waals surface area (Å²) in [6.07, 6.45) is 0.205. The fourth-order valence-electron chi connectivity index (χ4n) is 1.10. The monoisotopic (exact) mass is 214 g/mol. The van der Waals surface area contributed by atoms with Crippen LogP contribution in [-0.4, -0.2) is 19.0 Å². The summed E-state index contributed by atoms with van der Waals surface area (Å²) >= 11 is 0. The van der Waals surface area contributed by atoms with E-state index in [1.165, 1.54) is 12.1 Å². The van der Waals surface area contributed by atoms with Crippen molar-refractivity contribution in [2.24, 2.45) is 0 Å². The molecular formula is C10H14O3S. The zero-order valence-electron chi connectivity index (χ0n) is 8.27. The Labute approximate surface area is 84.3 Å². The average molecular weight is 214 g/mol. The van der Waals surface area contributed by atoms with Crippen molar-refractivity contribution < 1.29 is 13.5 Å². The van der Waals surface area contributed by atoms with Gasteiger partial charge in [0.1, 0.15) is 0 Å². The summed E-state index contributed by atoms with van der Waals surface area (Å²) in [5.74, 6) is 0. The van der Waals surface area contributed by atoms with E-state index < -0.39 is 15.3 Å². The summed E-state index contributed by atoms with van der Waals surface area (Å²) in [7, 11) is -3.55. The van der Waals surface area contributed by atoms with Gasteiger partial charge in [0.25, 0.3) is 0 Å². The van der Waals surface area contributed by atoms with Crippen molar-refractivity contribution in [3.05, 3.63) is 29.8 Å². The molecule has 0 radical (unpaired) electrons. The number of aliphatic hydroxyl groups excluding tert-OH is 1. The van der Waals surface area contributed by atoms with Crippen LogP contribution in [0.3, 0.4) is 0 Å². The molecule has 0 spiro atoms. The predicted molar refractivity (Wildman–Crippen MR) is 54.7 cm³/mol. The lowest BCUT2D eigenvalue weighted by atomic mass is 10.2. The highest BCUT2D eigenvalue weighted by atomic mass is 32.2. The first kappa shape index (κ1) is 11.2. The second-order valence-electron chi connectivity index (χ2n) is 3.22. The van der Waals surface area contributed by atoms with Gasteiger partial charge in [-0.25, -0.2) is 8.42 Å². The summed E-state index contributed by atoms with van der Waals surface area (Å²) in [4.78, 5) is 0.178. The summed E-state index contributed by atoms with van der Waals surface area (Å²) < 4.78 is 23.2. The fraction of sp³-hybridized carbons (Fsp3) is 0.400. The SMILES string of the molecule is CCC(O)S(=O)(=O)c1ccc(C)cc1. The Balaban J connectivity index is 3.11. The van der Waals surface area contributed by atoms with Crippen molar-refractivity contribution in [3.63, 3.8) is 0 Å². The molecule has 0 aliphatic heterocycles. The van der Waals surface area contributed by atoms with Crippen molar-refractivity contribution in [3.8, 4) is 0 Å². The number of hydrogen-bond acceptors (Lipinski definition) is 3. The van der Waals surface area contributed by atoms with Gasteiger partial charge in [-0.2, -0.15) is 0 Å². The van der Waals surface area contributed by atoms with Crippen LogP contribution in [-0.2, 0) is 9.84 Å². The Kier molecular flexibility index (Phi) is 3.29. The molecule has 0 aliphatic rings. The zero-order valence-corrected chi connectivity index (χ0v) is 9.08. The molecule has 78 valence electrons. The second kappa shape index (κ2) is 4.11. The summed E-state index contributed by atoms with van der Waals surface area (Å²) in [6.45, 7) is 3.52. The Morgan fingerprint density at radius 3 is 2.21 bits per heavy atom. The van der Waals surface area contributed by atoms with Crippen molar-refractivity contribution in [2.45, 2.75) is 30.6 Å². The van der Waals surface area contributed by atoms with Crippen molar-refractivity contribution in [1.29, 1.82) is 0 Å². The standard InChI is InChI=1S/C10H14O3S/c1-3-10(11)14(12,13)9-6-4-8(2)5-7-9/h4-7,10-11H,3H2,1-2H3. The third kappa shape index (κ3) is 2.13. The maximum atomic E-state index is 11.6. The quantitative estimate of drug-likeness (QED) is 0.829. The molecule has 1 aromatic rings. The largest absolute Gasteiger partial charge is 0.377 e. The summed E-state index contributed by atoms with van der Waals surface area (Å²) in [5.41, 5.74) is -0.305. The van der Waals surface area contributed by atoms with Crippen LogP contribution in [0.15, 0.2) is 29.2 Å². The number of aliphatic hydroxyl groups is 1. The normalized spacial score (nSPS) is 13.9. The van der Waals surface area contributed by atoms with Gasteiger partial charge in [0.05, 0.1) is 4.90 Å². The van der Waals surface area contributed by atoms with Crippen molar-refractivity contribution >= 4 is 9.84 Å². The first-order valence-corrected chi connectivity index (χ1v) is 6.01. The maximum Gasteiger partial charge on any atom is 0.204 e. The molecule has 0 bridgehead atoms. The van der Waals surface area contributed by atoms with Gasteiger partial charge >= 0.3 is 0 Å². The summed E-state index contributed by atoms with van der Waals surface area (Å²) in [5, 5.41) is 9.32. The van der Waals surface area contributed by atoms with E-state index in [2.05, 4.69) is 0 Å². The molecule has 0 heterocycles. The van der Waals surface area contributed by atoms with Gasteiger partial charge in [-0.3, -0.25) is 0 Å². The van der Waals surface area contributed by atoms with Gasteiger partial charge in [0.2, 0.25) is 9.84 Å². The molecule has 14 heavy (non-hydrogen) atoms.